The van der Waals surface area contributed by atoms with Crippen molar-refractivity contribution < 1.29 is 29.1 Å². The Morgan fingerprint density at radius 1 is 1.18 bits per heavy atom. The molecular weight excluding hydrogens is 504 g/mol. The van der Waals surface area contributed by atoms with Gasteiger partial charge in [-0.3, -0.25) is 19.2 Å². The Hall–Kier alpha value is -3.93. The maximum atomic E-state index is 13.6. The van der Waals surface area contributed by atoms with Crippen LogP contribution in [0.1, 0.15) is 51.5 Å². The van der Waals surface area contributed by atoms with Gasteiger partial charge in [0.15, 0.2) is 0 Å². The number of rotatable bonds is 13. The number of aliphatic carboxylic acids is 1. The summed E-state index contributed by atoms with van der Waals surface area (Å²) in [5.74, 6) is -3.59. The first kappa shape index (κ1) is 29.6. The fourth-order valence-corrected chi connectivity index (χ4v) is 4.84. The van der Waals surface area contributed by atoms with E-state index in [0.717, 1.165) is 16.5 Å². The zero-order valence-corrected chi connectivity index (χ0v) is 22.3. The summed E-state index contributed by atoms with van der Waals surface area (Å²) in [5, 5.41) is 16.0. The fourth-order valence-electron chi connectivity index (χ4n) is 4.84. The molecule has 1 aliphatic rings. The second-order valence-corrected chi connectivity index (χ2v) is 10.1. The van der Waals surface area contributed by atoms with E-state index in [1.54, 1.807) is 6.20 Å². The predicted octanol–water partition coefficient (Wildman–Crippen LogP) is 0.395. The number of carbonyl (C=O) groups excluding carboxylic acids is 4. The lowest BCUT2D eigenvalue weighted by molar-refractivity contribution is -0.145. The first-order valence-electron chi connectivity index (χ1n) is 13.3. The summed E-state index contributed by atoms with van der Waals surface area (Å²) in [6, 6.07) is 3.47. The van der Waals surface area contributed by atoms with Crippen LogP contribution in [0, 0.1) is 5.92 Å². The minimum Gasteiger partial charge on any atom is -0.480 e. The minimum absolute atomic E-state index is 0.0460. The van der Waals surface area contributed by atoms with Gasteiger partial charge >= 0.3 is 5.97 Å². The van der Waals surface area contributed by atoms with Crippen LogP contribution in [0.25, 0.3) is 10.9 Å². The number of fused-ring (bicyclic) bond motifs is 1. The highest BCUT2D eigenvalue weighted by atomic mass is 16.4. The van der Waals surface area contributed by atoms with Gasteiger partial charge in [-0.2, -0.15) is 0 Å². The molecule has 4 amide bonds. The molecule has 0 aliphatic carbocycles. The van der Waals surface area contributed by atoms with Gasteiger partial charge in [0.25, 0.3) is 0 Å². The molecule has 5 atom stereocenters. The van der Waals surface area contributed by atoms with Gasteiger partial charge in [-0.25, -0.2) is 4.79 Å². The predicted molar refractivity (Wildman–Crippen MR) is 144 cm³/mol. The van der Waals surface area contributed by atoms with Crippen molar-refractivity contribution in [2.24, 2.45) is 17.4 Å². The van der Waals surface area contributed by atoms with Gasteiger partial charge in [-0.15, -0.1) is 0 Å². The summed E-state index contributed by atoms with van der Waals surface area (Å²) in [5.41, 5.74) is 12.6. The lowest BCUT2D eigenvalue weighted by atomic mass is 9.96. The summed E-state index contributed by atoms with van der Waals surface area (Å²) in [6.07, 6.45) is 3.29. The smallest absolute Gasteiger partial charge is 0.326 e. The van der Waals surface area contributed by atoms with Gasteiger partial charge in [-0.1, -0.05) is 38.5 Å². The molecule has 1 aromatic heterocycles. The second kappa shape index (κ2) is 13.2. The van der Waals surface area contributed by atoms with Gasteiger partial charge in [0, 0.05) is 36.5 Å². The Morgan fingerprint density at radius 3 is 2.56 bits per heavy atom. The van der Waals surface area contributed by atoms with Crippen molar-refractivity contribution in [2.45, 2.75) is 76.5 Å². The van der Waals surface area contributed by atoms with Crippen LogP contribution in [0.4, 0.5) is 0 Å². The molecule has 1 aliphatic heterocycles. The topological polar surface area (TPSA) is 201 Å². The molecule has 0 saturated carbocycles. The number of nitrogens with zero attached hydrogens (tertiary/aromatic N) is 1. The molecule has 2 heterocycles. The van der Waals surface area contributed by atoms with E-state index >= 15 is 0 Å². The van der Waals surface area contributed by atoms with Gasteiger partial charge in [-0.05, 0) is 36.8 Å². The molecule has 0 radical (unpaired) electrons. The number of carbonyl (C=O) groups is 5. The van der Waals surface area contributed by atoms with Crippen LogP contribution in [0.2, 0.25) is 0 Å². The third kappa shape index (κ3) is 7.34. The maximum absolute atomic E-state index is 13.6. The summed E-state index contributed by atoms with van der Waals surface area (Å²) < 4.78 is 0. The van der Waals surface area contributed by atoms with Crippen LogP contribution < -0.4 is 22.1 Å². The van der Waals surface area contributed by atoms with Crippen LogP contribution in [-0.4, -0.2) is 75.3 Å². The summed E-state index contributed by atoms with van der Waals surface area (Å²) in [6.45, 7) is 3.98. The summed E-state index contributed by atoms with van der Waals surface area (Å²) in [7, 11) is 0. The first-order valence-corrected chi connectivity index (χ1v) is 13.3. The second-order valence-electron chi connectivity index (χ2n) is 10.1. The standard InChI is InChI=1S/C27H38N6O6/c1-3-15(2)23(32-24(35)18(28)10-11-22(29)34)26(37)33-12-6-9-21(33)25(36)31-20(27(38)39)13-16-14-30-19-8-5-4-7-17(16)19/h4-5,7-8,14-15,18,20-21,23,30H,3,6,9-13,28H2,1-2H3,(H2,29,34)(H,31,36)(H,32,35)(H,38,39). The lowest BCUT2D eigenvalue weighted by Crippen LogP contribution is -2.58. The van der Waals surface area contributed by atoms with Crippen molar-refractivity contribution in [1.29, 1.82) is 0 Å². The molecule has 3 rings (SSSR count). The van der Waals surface area contributed by atoms with Crippen LogP contribution in [0.5, 0.6) is 0 Å². The first-order chi connectivity index (χ1) is 18.5. The summed E-state index contributed by atoms with van der Waals surface area (Å²) >= 11 is 0. The molecule has 8 N–H and O–H groups in total. The van der Waals surface area contributed by atoms with Gasteiger partial charge < -0.3 is 37.1 Å². The monoisotopic (exact) mass is 542 g/mol. The molecule has 0 bridgehead atoms. The molecule has 0 spiro atoms. The van der Waals surface area contributed by atoms with E-state index in [4.69, 9.17) is 11.5 Å². The number of carboxylic acid groups (broad SMARTS) is 1. The number of primary amides is 1. The fraction of sp³-hybridized carbons (Fsp3) is 0.519. The summed E-state index contributed by atoms with van der Waals surface area (Å²) in [4.78, 5) is 67.2. The average Bonchev–Trinajstić information content (AvgIpc) is 3.56. The Morgan fingerprint density at radius 2 is 1.90 bits per heavy atom. The number of nitrogens with one attached hydrogen (secondary N) is 3. The van der Waals surface area contributed by atoms with Crippen LogP contribution in [-0.2, 0) is 30.4 Å². The number of carboxylic acids is 1. The average molecular weight is 543 g/mol. The van der Waals surface area contributed by atoms with E-state index in [9.17, 15) is 29.1 Å². The van der Waals surface area contributed by atoms with Crippen molar-refractivity contribution in [3.05, 3.63) is 36.0 Å². The maximum Gasteiger partial charge on any atom is 0.326 e. The van der Waals surface area contributed by atoms with E-state index < -0.39 is 53.8 Å². The number of H-pyrrole nitrogens is 1. The van der Waals surface area contributed by atoms with Crippen molar-refractivity contribution in [1.82, 2.24) is 20.5 Å². The number of aromatic nitrogens is 1. The molecule has 2 aromatic rings. The van der Waals surface area contributed by atoms with Crippen LogP contribution in [0.3, 0.4) is 0 Å². The molecule has 12 nitrogen and oxygen atoms in total. The normalized spacial score (nSPS) is 18.2. The van der Waals surface area contributed by atoms with Gasteiger partial charge in [0.05, 0.1) is 6.04 Å². The van der Waals surface area contributed by atoms with Crippen LogP contribution >= 0.6 is 0 Å². The largest absolute Gasteiger partial charge is 0.480 e. The number of amides is 4. The number of nitrogens with two attached hydrogens (primary N) is 2. The zero-order valence-electron chi connectivity index (χ0n) is 22.3. The molecule has 1 saturated heterocycles. The van der Waals surface area contributed by atoms with E-state index in [-0.39, 0.29) is 25.2 Å². The molecule has 12 heteroatoms. The molecule has 1 fully saturated rings. The lowest BCUT2D eigenvalue weighted by Gasteiger charge is -2.32. The highest BCUT2D eigenvalue weighted by Gasteiger charge is 2.40. The molecule has 5 unspecified atom stereocenters. The van der Waals surface area contributed by atoms with E-state index in [0.29, 0.717) is 25.8 Å². The third-order valence-electron chi connectivity index (χ3n) is 7.37. The van der Waals surface area contributed by atoms with Crippen LogP contribution in [0.15, 0.2) is 30.5 Å². The van der Waals surface area contributed by atoms with Crippen molar-refractivity contribution in [2.75, 3.05) is 6.54 Å². The number of benzene rings is 1. The SMILES string of the molecule is CCC(C)C(NC(=O)C(N)CCC(N)=O)C(=O)N1CCCC1C(=O)NC(Cc1c[nH]c2ccccc12)C(=O)O. The van der Waals surface area contributed by atoms with E-state index in [1.807, 2.05) is 38.1 Å². The molecule has 1 aromatic carbocycles. The third-order valence-corrected chi connectivity index (χ3v) is 7.37. The Bertz CT molecular complexity index is 1210. The molecular formula is C27H38N6O6. The number of likely N-dealkylation sites (tertiary alicyclic amines) is 1. The molecule has 212 valence electrons. The van der Waals surface area contributed by atoms with Crippen molar-refractivity contribution >= 4 is 40.5 Å². The van der Waals surface area contributed by atoms with Crippen molar-refractivity contribution in [3.8, 4) is 0 Å². The Balaban J connectivity index is 1.71. The minimum atomic E-state index is -1.19. The van der Waals surface area contributed by atoms with Crippen molar-refractivity contribution in [3.63, 3.8) is 0 Å². The van der Waals surface area contributed by atoms with E-state index in [2.05, 4.69) is 15.6 Å². The Kier molecular flexibility index (Phi) is 10.0. The zero-order chi connectivity index (χ0) is 28.7. The number of para-hydroxylation sites is 1. The highest BCUT2D eigenvalue weighted by Crippen LogP contribution is 2.23. The quantitative estimate of drug-likeness (QED) is 0.210. The van der Waals surface area contributed by atoms with Gasteiger partial charge in [0.1, 0.15) is 18.1 Å². The number of aromatic amines is 1. The van der Waals surface area contributed by atoms with Gasteiger partial charge in [0.2, 0.25) is 23.6 Å². The number of hydrogen-bond donors (Lipinski definition) is 6. The highest BCUT2D eigenvalue weighted by molar-refractivity contribution is 5.95. The molecule has 39 heavy (non-hydrogen) atoms. The Labute approximate surface area is 226 Å². The number of hydrogen-bond acceptors (Lipinski definition) is 6. The van der Waals surface area contributed by atoms with E-state index in [1.165, 1.54) is 4.90 Å².